The number of nitrogens with zero attached hydrogens (tertiary/aromatic N) is 2. The summed E-state index contributed by atoms with van der Waals surface area (Å²) in [6.07, 6.45) is 7.91. The van der Waals surface area contributed by atoms with E-state index in [1.54, 1.807) is 24.5 Å². The van der Waals surface area contributed by atoms with Crippen LogP contribution in [-0.4, -0.2) is 44.6 Å². The maximum atomic E-state index is 12.3. The molecular weight excluding hydrogens is 340 g/mol. The van der Waals surface area contributed by atoms with Gasteiger partial charge in [0.1, 0.15) is 0 Å². The van der Waals surface area contributed by atoms with E-state index in [9.17, 15) is 13.2 Å². The zero-order valence-corrected chi connectivity index (χ0v) is 14.8. The van der Waals surface area contributed by atoms with E-state index in [4.69, 9.17) is 0 Å². The number of amides is 1. The molecule has 1 aromatic rings. The number of dihydropyridines is 1. The van der Waals surface area contributed by atoms with E-state index in [1.165, 1.54) is 26.2 Å². The fourth-order valence-corrected chi connectivity index (χ4v) is 3.55. The van der Waals surface area contributed by atoms with Crippen LogP contribution in [0.2, 0.25) is 0 Å². The lowest BCUT2D eigenvalue weighted by Crippen LogP contribution is -2.35. The molecule has 0 spiro atoms. The zero-order chi connectivity index (χ0) is 18.0. The molecule has 1 amide bonds. The van der Waals surface area contributed by atoms with Crippen LogP contribution in [0.3, 0.4) is 0 Å². The molecule has 0 aliphatic carbocycles. The summed E-state index contributed by atoms with van der Waals surface area (Å²) in [6, 6.07) is 6.37. The van der Waals surface area contributed by atoms with Crippen molar-refractivity contribution in [2.24, 2.45) is 10.9 Å². The van der Waals surface area contributed by atoms with Gasteiger partial charge in [-0.25, -0.2) is 17.7 Å². The highest BCUT2D eigenvalue weighted by molar-refractivity contribution is 7.89. The number of aliphatic imine (C=N–C) groups is 1. The van der Waals surface area contributed by atoms with Gasteiger partial charge in [0.15, 0.2) is 0 Å². The molecule has 0 fully saturated rings. The molecule has 0 bridgehead atoms. The van der Waals surface area contributed by atoms with Crippen molar-refractivity contribution in [3.8, 4) is 0 Å². The number of hydrogen-bond donors (Lipinski definition) is 2. The van der Waals surface area contributed by atoms with Gasteiger partial charge >= 0.3 is 0 Å². The van der Waals surface area contributed by atoms with Crippen LogP contribution >= 0.6 is 0 Å². The van der Waals surface area contributed by atoms with E-state index >= 15 is 0 Å². The molecule has 132 valence electrons. The molecule has 2 heterocycles. The minimum absolute atomic E-state index is 0.0332. The Morgan fingerprint density at radius 1 is 1.12 bits per heavy atom. The molecule has 0 saturated carbocycles. The van der Waals surface area contributed by atoms with Crippen molar-refractivity contribution in [1.82, 2.24) is 14.9 Å². The Hall–Kier alpha value is -2.45. The third-order valence-corrected chi connectivity index (χ3v) is 5.96. The van der Waals surface area contributed by atoms with Gasteiger partial charge < -0.3 is 10.6 Å². The molecule has 0 radical (unpaired) electrons. The number of allylic oxidation sites excluding steroid dienone is 1. The van der Waals surface area contributed by atoms with Crippen LogP contribution in [0.25, 0.3) is 0 Å². The second kappa shape index (κ2) is 6.81. The first-order valence-electron chi connectivity index (χ1n) is 7.89. The lowest BCUT2D eigenvalue weighted by Gasteiger charge is -2.19. The van der Waals surface area contributed by atoms with Gasteiger partial charge in [-0.05, 0) is 18.2 Å². The highest BCUT2D eigenvalue weighted by Gasteiger charge is 2.24. The van der Waals surface area contributed by atoms with Gasteiger partial charge in [0.25, 0.3) is 5.91 Å². The molecule has 2 aliphatic heterocycles. The Morgan fingerprint density at radius 2 is 1.76 bits per heavy atom. The number of benzene rings is 1. The number of rotatable bonds is 5. The third kappa shape index (κ3) is 3.64. The number of hydrogen-bond acceptors (Lipinski definition) is 5. The predicted octanol–water partition coefficient (Wildman–Crippen LogP) is 0.819. The first kappa shape index (κ1) is 17.4. The van der Waals surface area contributed by atoms with E-state index < -0.39 is 10.0 Å². The van der Waals surface area contributed by atoms with Crippen molar-refractivity contribution in [2.45, 2.75) is 17.5 Å². The number of sulfonamides is 1. The first-order chi connectivity index (χ1) is 11.9. The molecule has 3 rings (SSSR count). The van der Waals surface area contributed by atoms with E-state index in [2.05, 4.69) is 15.6 Å². The van der Waals surface area contributed by atoms with Crippen LogP contribution in [0.15, 0.2) is 58.7 Å². The Labute approximate surface area is 147 Å². The van der Waals surface area contributed by atoms with Gasteiger partial charge in [0.05, 0.1) is 22.7 Å². The summed E-state index contributed by atoms with van der Waals surface area (Å²) in [5.74, 6) is -0.472. The van der Waals surface area contributed by atoms with Crippen molar-refractivity contribution < 1.29 is 13.2 Å². The van der Waals surface area contributed by atoms with Gasteiger partial charge in [0.2, 0.25) is 10.0 Å². The molecule has 8 heteroatoms. The van der Waals surface area contributed by atoms with Crippen molar-refractivity contribution in [1.29, 1.82) is 0 Å². The van der Waals surface area contributed by atoms with Crippen molar-refractivity contribution >= 4 is 21.6 Å². The monoisotopic (exact) mass is 360 g/mol. The Bertz CT molecular complexity index is 846. The summed E-state index contributed by atoms with van der Waals surface area (Å²) < 4.78 is 25.3. The van der Waals surface area contributed by atoms with Crippen LogP contribution in [0.1, 0.15) is 12.0 Å². The standard InChI is InChI=1S/C17H20N4O3S/c1-21(2)25(23,24)14-6-3-12(4-7-14)15-8-5-13(17(22)20-15)11-16-18-9-10-19-16/h3-10,13,16,18-19H,11H2,1-2H3. The van der Waals surface area contributed by atoms with Gasteiger partial charge in [-0.15, -0.1) is 0 Å². The fraction of sp³-hybridized carbons (Fsp3) is 0.294. The summed E-state index contributed by atoms with van der Waals surface area (Å²) in [5, 5.41) is 6.22. The highest BCUT2D eigenvalue weighted by atomic mass is 32.2. The topological polar surface area (TPSA) is 90.9 Å². The minimum atomic E-state index is -3.47. The van der Waals surface area contributed by atoms with Crippen molar-refractivity contribution in [2.75, 3.05) is 14.1 Å². The minimum Gasteiger partial charge on any atom is -0.370 e. The normalized spacial score (nSPS) is 20.5. The maximum absolute atomic E-state index is 12.3. The molecule has 7 nitrogen and oxygen atoms in total. The molecular formula is C17H20N4O3S. The van der Waals surface area contributed by atoms with Gasteiger partial charge in [-0.2, -0.15) is 0 Å². The molecule has 2 N–H and O–H groups in total. The molecule has 0 saturated heterocycles. The zero-order valence-electron chi connectivity index (χ0n) is 14.0. The summed E-state index contributed by atoms with van der Waals surface area (Å²) in [6.45, 7) is 0. The molecule has 1 unspecified atom stereocenters. The number of carbonyl (C=O) groups is 1. The lowest BCUT2D eigenvalue weighted by molar-refractivity contribution is -0.120. The first-order valence-corrected chi connectivity index (χ1v) is 9.33. The third-order valence-electron chi connectivity index (χ3n) is 4.13. The molecule has 1 aromatic carbocycles. The Balaban J connectivity index is 1.73. The highest BCUT2D eigenvalue weighted by Crippen LogP contribution is 2.20. The molecule has 25 heavy (non-hydrogen) atoms. The average Bonchev–Trinajstić information content (AvgIpc) is 3.10. The lowest BCUT2D eigenvalue weighted by atomic mass is 9.97. The van der Waals surface area contributed by atoms with Crippen LogP contribution in [0.5, 0.6) is 0 Å². The summed E-state index contributed by atoms with van der Waals surface area (Å²) in [7, 11) is -0.497. The average molecular weight is 360 g/mol. The van der Waals surface area contributed by atoms with Gasteiger partial charge in [0, 0.05) is 38.5 Å². The molecule has 0 aromatic heterocycles. The van der Waals surface area contributed by atoms with Crippen molar-refractivity contribution in [3.05, 3.63) is 54.4 Å². The van der Waals surface area contributed by atoms with Gasteiger partial charge in [-0.1, -0.05) is 18.2 Å². The second-order valence-corrected chi connectivity index (χ2v) is 8.22. The van der Waals surface area contributed by atoms with Crippen LogP contribution < -0.4 is 10.6 Å². The van der Waals surface area contributed by atoms with Crippen LogP contribution in [-0.2, 0) is 14.8 Å². The summed E-state index contributed by atoms with van der Waals surface area (Å²) in [4.78, 5) is 16.6. The Kier molecular flexibility index (Phi) is 4.73. The summed E-state index contributed by atoms with van der Waals surface area (Å²) in [5.41, 5.74) is 1.25. The smallest absolute Gasteiger partial charge is 0.253 e. The fourth-order valence-electron chi connectivity index (χ4n) is 2.64. The predicted molar refractivity (Wildman–Crippen MR) is 95.3 cm³/mol. The molecule has 2 aliphatic rings. The van der Waals surface area contributed by atoms with Crippen LogP contribution in [0.4, 0.5) is 0 Å². The van der Waals surface area contributed by atoms with E-state index in [-0.39, 0.29) is 22.9 Å². The maximum Gasteiger partial charge on any atom is 0.253 e. The SMILES string of the molecule is CN(C)S(=O)(=O)c1ccc(C2=NC(=O)C(CC3NC=CN3)C=C2)cc1. The van der Waals surface area contributed by atoms with E-state index in [0.717, 1.165) is 4.31 Å². The van der Waals surface area contributed by atoms with Crippen LogP contribution in [0, 0.1) is 5.92 Å². The number of carbonyl (C=O) groups excluding carboxylic acids is 1. The van der Waals surface area contributed by atoms with Crippen molar-refractivity contribution in [3.63, 3.8) is 0 Å². The Morgan fingerprint density at radius 3 is 2.32 bits per heavy atom. The van der Waals surface area contributed by atoms with E-state index in [1.807, 2.05) is 12.2 Å². The summed E-state index contributed by atoms with van der Waals surface area (Å²) >= 11 is 0. The second-order valence-electron chi connectivity index (χ2n) is 6.07. The van der Waals surface area contributed by atoms with E-state index in [0.29, 0.717) is 17.7 Å². The largest absolute Gasteiger partial charge is 0.370 e. The van der Waals surface area contributed by atoms with Gasteiger partial charge in [-0.3, -0.25) is 4.79 Å². The quantitative estimate of drug-likeness (QED) is 0.811. The number of nitrogens with one attached hydrogen (secondary N) is 2. The molecule has 1 atom stereocenters.